The molecular weight excluding hydrogens is 509 g/mol. The van der Waals surface area contributed by atoms with Crippen molar-refractivity contribution >= 4 is 16.9 Å². The molecule has 12 heteroatoms. The van der Waals surface area contributed by atoms with Gasteiger partial charge in [-0.3, -0.25) is 18.6 Å². The van der Waals surface area contributed by atoms with Gasteiger partial charge in [0.05, 0.1) is 23.3 Å². The predicted octanol–water partition coefficient (Wildman–Crippen LogP) is 4.39. The van der Waals surface area contributed by atoms with E-state index in [0.717, 1.165) is 16.6 Å². The molecule has 9 nitrogen and oxygen atoms in total. The number of alkyl halides is 3. The van der Waals surface area contributed by atoms with E-state index in [2.05, 4.69) is 31.0 Å². The average molecular weight is 543 g/mol. The van der Waals surface area contributed by atoms with Gasteiger partial charge in [0.2, 0.25) is 5.82 Å². The smallest absolute Gasteiger partial charge is 0.398 e. The molecule has 0 bridgehead atoms. The number of aryl methyl sites for hydroxylation is 1. The Labute approximate surface area is 224 Å². The number of fused-ring (bicyclic) bond motifs is 2. The molecule has 0 aliphatic carbocycles. The lowest BCUT2D eigenvalue weighted by molar-refractivity contribution is -0.150. The maximum atomic E-state index is 13.5. The molecule has 0 atom stereocenters. The summed E-state index contributed by atoms with van der Waals surface area (Å²) < 4.78 is 44.9. The highest BCUT2D eigenvalue weighted by Gasteiger charge is 2.44. The molecule has 4 aromatic rings. The van der Waals surface area contributed by atoms with E-state index in [1.807, 2.05) is 29.2 Å². The van der Waals surface area contributed by atoms with Crippen LogP contribution in [0.3, 0.4) is 0 Å². The van der Waals surface area contributed by atoms with E-state index in [1.165, 1.54) is 4.57 Å². The van der Waals surface area contributed by atoms with Crippen LogP contribution in [-0.4, -0.2) is 40.3 Å². The van der Waals surface area contributed by atoms with Crippen molar-refractivity contribution in [2.45, 2.75) is 66.0 Å². The summed E-state index contributed by atoms with van der Waals surface area (Å²) in [5, 5.41) is 7.29. The van der Waals surface area contributed by atoms with Crippen molar-refractivity contribution in [2.24, 2.45) is 12.5 Å². The number of rotatable bonds is 4. The zero-order valence-electron chi connectivity index (χ0n) is 23.0. The molecule has 3 aromatic heterocycles. The fraction of sp³-hybridized carbons (Fsp3) is 0.481. The van der Waals surface area contributed by atoms with Crippen molar-refractivity contribution in [1.29, 1.82) is 0 Å². The number of hydrogen-bond acceptors (Lipinski definition) is 6. The maximum absolute atomic E-state index is 13.5. The molecule has 1 aromatic carbocycles. The monoisotopic (exact) mass is 542 g/mol. The maximum Gasteiger partial charge on any atom is 0.451 e. The number of aromatic nitrogens is 6. The van der Waals surface area contributed by atoms with E-state index in [0.29, 0.717) is 36.7 Å². The molecule has 0 spiro atoms. The Bertz CT molecular complexity index is 1620. The van der Waals surface area contributed by atoms with Gasteiger partial charge < -0.3 is 5.73 Å². The molecule has 39 heavy (non-hydrogen) atoms. The van der Waals surface area contributed by atoms with Crippen LogP contribution in [-0.2, 0) is 38.4 Å². The van der Waals surface area contributed by atoms with E-state index in [-0.39, 0.29) is 23.5 Å². The summed E-state index contributed by atoms with van der Waals surface area (Å²) in [5.74, 6) is -0.689. The number of nitrogens with two attached hydrogens (primary N) is 1. The van der Waals surface area contributed by atoms with Gasteiger partial charge in [-0.15, -0.1) is 10.2 Å². The van der Waals surface area contributed by atoms with Crippen LogP contribution in [0.5, 0.6) is 0 Å². The third kappa shape index (κ3) is 4.93. The summed E-state index contributed by atoms with van der Waals surface area (Å²) >= 11 is 0. The minimum Gasteiger partial charge on any atom is -0.398 e. The summed E-state index contributed by atoms with van der Waals surface area (Å²) in [6.07, 6.45) is -4.57. The summed E-state index contributed by atoms with van der Waals surface area (Å²) in [6, 6.07) is 9.41. The fourth-order valence-corrected chi connectivity index (χ4v) is 5.46. The molecule has 0 fully saturated rings. The first-order valence-corrected chi connectivity index (χ1v) is 12.7. The van der Waals surface area contributed by atoms with E-state index in [4.69, 9.17) is 10.7 Å². The number of halogens is 3. The topological polar surface area (TPSA) is 99.8 Å². The lowest BCUT2D eigenvalue weighted by atomic mass is 9.97. The van der Waals surface area contributed by atoms with Gasteiger partial charge in [0.25, 0.3) is 0 Å². The molecule has 0 radical (unpaired) electrons. The van der Waals surface area contributed by atoms with Crippen LogP contribution in [0.25, 0.3) is 22.4 Å². The molecule has 208 valence electrons. The normalized spacial score (nSPS) is 16.1. The zero-order chi connectivity index (χ0) is 28.5. The molecule has 5 rings (SSSR count). The first kappa shape index (κ1) is 26.9. The van der Waals surface area contributed by atoms with E-state index in [9.17, 15) is 18.0 Å². The fourth-order valence-electron chi connectivity index (χ4n) is 5.46. The van der Waals surface area contributed by atoms with Crippen molar-refractivity contribution in [3.05, 3.63) is 58.0 Å². The minimum atomic E-state index is -4.57. The van der Waals surface area contributed by atoms with Crippen LogP contribution in [0.2, 0.25) is 0 Å². The second-order valence-corrected chi connectivity index (χ2v) is 12.2. The first-order chi connectivity index (χ1) is 18.0. The Morgan fingerprint density at radius 1 is 1.08 bits per heavy atom. The SMILES string of the molecule is Cn1c(=O)n(CC(C)(C)C)c2ccc(-c3cc(CN4Cc5nnc(C(F)(F)F)n5C(C)(C)C4)ccc3N)nc21. The molecule has 4 heterocycles. The highest BCUT2D eigenvalue weighted by molar-refractivity contribution is 5.80. The Morgan fingerprint density at radius 2 is 1.79 bits per heavy atom. The number of nitrogen functional groups attached to an aromatic ring is 1. The molecule has 0 saturated carbocycles. The van der Waals surface area contributed by atoms with Crippen molar-refractivity contribution in [3.63, 3.8) is 0 Å². The number of hydrogen-bond donors (Lipinski definition) is 1. The highest BCUT2D eigenvalue weighted by atomic mass is 19.4. The van der Waals surface area contributed by atoms with Crippen LogP contribution in [0.4, 0.5) is 18.9 Å². The number of nitrogens with zero attached hydrogens (tertiary/aromatic N) is 7. The standard InChI is InChI=1S/C27H33F3N8O/c1-25(2,3)14-37-20-10-9-19(32-22(20)35(6)24(37)39)17-11-16(7-8-18(17)31)12-36-13-21-33-34-23(27(28,29)30)38(21)26(4,5)15-36/h7-11H,12-15,31H2,1-6H3. The molecule has 1 aliphatic rings. The third-order valence-corrected chi connectivity index (χ3v) is 6.98. The average Bonchev–Trinajstić information content (AvgIpc) is 3.35. The minimum absolute atomic E-state index is 0.0832. The highest BCUT2D eigenvalue weighted by Crippen LogP contribution is 2.36. The second-order valence-electron chi connectivity index (χ2n) is 12.2. The molecule has 1 aliphatic heterocycles. The largest absolute Gasteiger partial charge is 0.451 e. The van der Waals surface area contributed by atoms with Crippen molar-refractivity contribution in [2.75, 3.05) is 12.3 Å². The molecule has 0 amide bonds. The van der Waals surface area contributed by atoms with Gasteiger partial charge in [0.1, 0.15) is 5.82 Å². The Morgan fingerprint density at radius 3 is 2.46 bits per heavy atom. The van der Waals surface area contributed by atoms with Crippen LogP contribution in [0.15, 0.2) is 35.1 Å². The summed E-state index contributed by atoms with van der Waals surface area (Å²) in [5.41, 5.74) is 9.46. The summed E-state index contributed by atoms with van der Waals surface area (Å²) in [4.78, 5) is 19.8. The van der Waals surface area contributed by atoms with Crippen molar-refractivity contribution < 1.29 is 13.2 Å². The third-order valence-electron chi connectivity index (χ3n) is 6.98. The van der Waals surface area contributed by atoms with Crippen molar-refractivity contribution in [1.82, 2.24) is 33.8 Å². The Hall–Kier alpha value is -3.67. The van der Waals surface area contributed by atoms with Crippen LogP contribution in [0, 0.1) is 5.41 Å². The van der Waals surface area contributed by atoms with Gasteiger partial charge in [0.15, 0.2) is 5.65 Å². The van der Waals surface area contributed by atoms with Gasteiger partial charge in [-0.1, -0.05) is 26.8 Å². The first-order valence-electron chi connectivity index (χ1n) is 12.7. The van der Waals surface area contributed by atoms with Gasteiger partial charge in [-0.05, 0) is 49.1 Å². The van der Waals surface area contributed by atoms with Gasteiger partial charge in [-0.25, -0.2) is 9.78 Å². The number of anilines is 1. The Balaban J connectivity index is 1.46. The zero-order valence-corrected chi connectivity index (χ0v) is 23.0. The lowest BCUT2D eigenvalue weighted by Gasteiger charge is -2.40. The summed E-state index contributed by atoms with van der Waals surface area (Å²) in [7, 11) is 1.71. The number of benzene rings is 1. The lowest BCUT2D eigenvalue weighted by Crippen LogP contribution is -2.47. The van der Waals surface area contributed by atoms with Crippen LogP contribution in [0.1, 0.15) is 51.8 Å². The molecule has 0 unspecified atom stereocenters. The number of pyridine rings is 1. The van der Waals surface area contributed by atoms with Crippen molar-refractivity contribution in [3.8, 4) is 11.3 Å². The van der Waals surface area contributed by atoms with E-state index >= 15 is 0 Å². The molecule has 0 saturated heterocycles. The number of imidazole rings is 1. The van der Waals surface area contributed by atoms with Gasteiger partial charge in [0, 0.05) is 37.9 Å². The molecular formula is C27H33F3N8O. The van der Waals surface area contributed by atoms with E-state index < -0.39 is 17.5 Å². The van der Waals surface area contributed by atoms with Gasteiger partial charge in [-0.2, -0.15) is 13.2 Å². The molecule has 2 N–H and O–H groups in total. The van der Waals surface area contributed by atoms with Crippen LogP contribution < -0.4 is 11.4 Å². The van der Waals surface area contributed by atoms with E-state index in [1.54, 1.807) is 36.1 Å². The second kappa shape index (κ2) is 8.94. The summed E-state index contributed by atoms with van der Waals surface area (Å²) in [6.45, 7) is 11.4. The predicted molar refractivity (Wildman–Crippen MR) is 143 cm³/mol. The van der Waals surface area contributed by atoms with Crippen LogP contribution >= 0.6 is 0 Å². The Kier molecular flexibility index (Phi) is 6.17. The van der Waals surface area contributed by atoms with Gasteiger partial charge >= 0.3 is 11.9 Å². The quantitative estimate of drug-likeness (QED) is 0.384.